The Hall–Kier alpha value is -1.63. The van der Waals surface area contributed by atoms with Gasteiger partial charge in [-0.2, -0.15) is 0 Å². The predicted octanol–water partition coefficient (Wildman–Crippen LogP) is 1.82. The molecule has 2 aliphatic rings. The SMILES string of the molecule is Cc1nc(C)c(C(=O)N2CCC(N3CCOC3=O)CC2)s1. The number of aryl methyl sites for hydroxylation is 2. The maximum absolute atomic E-state index is 12.5. The second-order valence-corrected chi connectivity index (χ2v) is 6.68. The first-order valence-electron chi connectivity index (χ1n) is 7.23. The average molecular weight is 309 g/mol. The Morgan fingerprint density at radius 2 is 2.00 bits per heavy atom. The molecule has 0 bridgehead atoms. The number of carbonyl (C=O) groups is 2. The number of ether oxygens (including phenoxy) is 1. The smallest absolute Gasteiger partial charge is 0.410 e. The molecule has 3 rings (SSSR count). The summed E-state index contributed by atoms with van der Waals surface area (Å²) in [7, 11) is 0. The zero-order valence-corrected chi connectivity index (χ0v) is 13.1. The van der Waals surface area contributed by atoms with E-state index in [0.717, 1.165) is 28.4 Å². The lowest BCUT2D eigenvalue weighted by Crippen LogP contribution is -2.47. The van der Waals surface area contributed by atoms with Gasteiger partial charge in [0.2, 0.25) is 0 Å². The van der Waals surface area contributed by atoms with Crippen LogP contribution in [0.1, 0.15) is 33.2 Å². The van der Waals surface area contributed by atoms with Crippen molar-refractivity contribution in [2.24, 2.45) is 0 Å². The first-order valence-corrected chi connectivity index (χ1v) is 8.04. The molecule has 1 aromatic heterocycles. The third-order valence-electron chi connectivity index (χ3n) is 4.08. The van der Waals surface area contributed by atoms with E-state index >= 15 is 0 Å². The van der Waals surface area contributed by atoms with E-state index in [1.807, 2.05) is 18.7 Å². The summed E-state index contributed by atoms with van der Waals surface area (Å²) in [6, 6.07) is 0.202. The molecule has 0 aliphatic carbocycles. The number of aromatic nitrogens is 1. The summed E-state index contributed by atoms with van der Waals surface area (Å²) >= 11 is 1.46. The fourth-order valence-electron chi connectivity index (χ4n) is 2.99. The number of carbonyl (C=O) groups excluding carboxylic acids is 2. The van der Waals surface area contributed by atoms with E-state index < -0.39 is 0 Å². The van der Waals surface area contributed by atoms with Gasteiger partial charge < -0.3 is 14.5 Å². The van der Waals surface area contributed by atoms with Gasteiger partial charge in [-0.25, -0.2) is 9.78 Å². The molecule has 0 N–H and O–H groups in total. The van der Waals surface area contributed by atoms with E-state index in [9.17, 15) is 9.59 Å². The van der Waals surface area contributed by atoms with Gasteiger partial charge in [0.15, 0.2) is 0 Å². The number of rotatable bonds is 2. The molecule has 0 spiro atoms. The van der Waals surface area contributed by atoms with Gasteiger partial charge in [0.1, 0.15) is 11.5 Å². The maximum atomic E-state index is 12.5. The van der Waals surface area contributed by atoms with Crippen LogP contribution in [0, 0.1) is 13.8 Å². The number of piperidine rings is 1. The van der Waals surface area contributed by atoms with Gasteiger partial charge in [-0.15, -0.1) is 11.3 Å². The molecule has 7 heteroatoms. The van der Waals surface area contributed by atoms with Crippen molar-refractivity contribution in [2.75, 3.05) is 26.2 Å². The van der Waals surface area contributed by atoms with Crippen molar-refractivity contribution in [1.82, 2.24) is 14.8 Å². The van der Waals surface area contributed by atoms with Crippen LogP contribution < -0.4 is 0 Å². The van der Waals surface area contributed by atoms with Crippen molar-refractivity contribution in [3.63, 3.8) is 0 Å². The van der Waals surface area contributed by atoms with Crippen LogP contribution in [-0.4, -0.2) is 59.1 Å². The predicted molar refractivity (Wildman–Crippen MR) is 78.6 cm³/mol. The Bertz CT molecular complexity index is 564. The van der Waals surface area contributed by atoms with E-state index in [4.69, 9.17) is 4.74 Å². The van der Waals surface area contributed by atoms with Crippen molar-refractivity contribution in [3.05, 3.63) is 15.6 Å². The van der Waals surface area contributed by atoms with Gasteiger partial charge in [-0.3, -0.25) is 4.79 Å². The van der Waals surface area contributed by atoms with E-state index in [1.54, 1.807) is 4.90 Å². The quantitative estimate of drug-likeness (QED) is 0.836. The lowest BCUT2D eigenvalue weighted by molar-refractivity contribution is 0.0662. The molecule has 2 amide bonds. The van der Waals surface area contributed by atoms with Crippen molar-refractivity contribution < 1.29 is 14.3 Å². The molecule has 21 heavy (non-hydrogen) atoms. The standard InChI is InChI=1S/C14H19N3O3S/c1-9-12(21-10(2)15-9)13(18)16-5-3-11(4-6-16)17-7-8-20-14(17)19/h11H,3-8H2,1-2H3. The first-order chi connectivity index (χ1) is 10.1. The summed E-state index contributed by atoms with van der Waals surface area (Å²) in [5.41, 5.74) is 0.813. The average Bonchev–Trinajstić information content (AvgIpc) is 3.04. The number of cyclic esters (lactones) is 1. The number of hydrogen-bond donors (Lipinski definition) is 0. The lowest BCUT2D eigenvalue weighted by Gasteiger charge is -2.35. The van der Waals surface area contributed by atoms with E-state index in [2.05, 4.69) is 4.98 Å². The normalized spacial score (nSPS) is 20.0. The Labute approximate surface area is 127 Å². The number of nitrogens with zero attached hydrogens (tertiary/aromatic N) is 3. The van der Waals surface area contributed by atoms with E-state index in [-0.39, 0.29) is 18.0 Å². The molecule has 2 fully saturated rings. The summed E-state index contributed by atoms with van der Waals surface area (Å²) in [6.45, 7) is 6.32. The van der Waals surface area contributed by atoms with Gasteiger partial charge in [-0.05, 0) is 26.7 Å². The van der Waals surface area contributed by atoms with Gasteiger partial charge in [-0.1, -0.05) is 0 Å². The molecule has 1 aromatic rings. The van der Waals surface area contributed by atoms with Crippen molar-refractivity contribution in [2.45, 2.75) is 32.7 Å². The molecule has 2 aliphatic heterocycles. The largest absolute Gasteiger partial charge is 0.448 e. The molecule has 2 saturated heterocycles. The molecule has 0 unspecified atom stereocenters. The second-order valence-electron chi connectivity index (χ2n) is 5.48. The summed E-state index contributed by atoms with van der Waals surface area (Å²) < 4.78 is 4.98. The van der Waals surface area contributed by atoms with Crippen molar-refractivity contribution in [3.8, 4) is 0 Å². The molecular formula is C14H19N3O3S. The number of likely N-dealkylation sites (tertiary alicyclic amines) is 1. The summed E-state index contributed by atoms with van der Waals surface area (Å²) in [5.74, 6) is 0.0700. The van der Waals surface area contributed by atoms with Crippen LogP contribution in [0.4, 0.5) is 4.79 Å². The Kier molecular flexibility index (Phi) is 3.84. The van der Waals surface area contributed by atoms with Crippen LogP contribution in [0.25, 0.3) is 0 Å². The van der Waals surface area contributed by atoms with Crippen LogP contribution in [0.3, 0.4) is 0 Å². The fourth-order valence-corrected chi connectivity index (χ4v) is 3.88. The maximum Gasteiger partial charge on any atom is 0.410 e. The minimum absolute atomic E-state index is 0.0700. The topological polar surface area (TPSA) is 62.7 Å². The highest BCUT2D eigenvalue weighted by atomic mass is 32.1. The zero-order chi connectivity index (χ0) is 15.0. The van der Waals surface area contributed by atoms with Gasteiger partial charge in [0.05, 0.1) is 17.2 Å². The highest BCUT2D eigenvalue weighted by molar-refractivity contribution is 7.13. The van der Waals surface area contributed by atoms with Crippen LogP contribution in [-0.2, 0) is 4.74 Å². The lowest BCUT2D eigenvalue weighted by atomic mass is 10.0. The van der Waals surface area contributed by atoms with Crippen LogP contribution in [0.5, 0.6) is 0 Å². The number of thiazole rings is 1. The summed E-state index contributed by atoms with van der Waals surface area (Å²) in [4.78, 5) is 32.8. The second kappa shape index (κ2) is 5.63. The third kappa shape index (κ3) is 2.74. The molecule has 0 saturated carbocycles. The molecule has 0 atom stereocenters. The Morgan fingerprint density at radius 3 is 2.52 bits per heavy atom. The van der Waals surface area contributed by atoms with E-state index in [1.165, 1.54) is 11.3 Å². The monoisotopic (exact) mass is 309 g/mol. The molecule has 114 valence electrons. The van der Waals surface area contributed by atoms with Crippen molar-refractivity contribution in [1.29, 1.82) is 0 Å². The molecular weight excluding hydrogens is 290 g/mol. The Morgan fingerprint density at radius 1 is 1.29 bits per heavy atom. The van der Waals surface area contributed by atoms with Crippen LogP contribution >= 0.6 is 11.3 Å². The fraction of sp³-hybridized carbons (Fsp3) is 0.643. The summed E-state index contributed by atoms with van der Waals surface area (Å²) in [6.07, 6.45) is 1.42. The molecule has 0 aromatic carbocycles. The summed E-state index contributed by atoms with van der Waals surface area (Å²) in [5, 5.41) is 0.922. The van der Waals surface area contributed by atoms with Crippen LogP contribution in [0.2, 0.25) is 0 Å². The molecule has 3 heterocycles. The number of hydrogen-bond acceptors (Lipinski definition) is 5. The first kappa shape index (κ1) is 14.3. The third-order valence-corrected chi connectivity index (χ3v) is 5.14. The molecule has 6 nitrogen and oxygen atoms in total. The highest BCUT2D eigenvalue weighted by Gasteiger charge is 2.34. The minimum Gasteiger partial charge on any atom is -0.448 e. The van der Waals surface area contributed by atoms with Crippen LogP contribution in [0.15, 0.2) is 0 Å². The highest BCUT2D eigenvalue weighted by Crippen LogP contribution is 2.24. The van der Waals surface area contributed by atoms with Crippen molar-refractivity contribution >= 4 is 23.3 Å². The Balaban J connectivity index is 1.62. The van der Waals surface area contributed by atoms with Gasteiger partial charge in [0, 0.05) is 19.1 Å². The molecule has 0 radical (unpaired) electrons. The number of amides is 2. The zero-order valence-electron chi connectivity index (χ0n) is 12.3. The van der Waals surface area contributed by atoms with Gasteiger partial charge in [0.25, 0.3) is 5.91 Å². The van der Waals surface area contributed by atoms with E-state index in [0.29, 0.717) is 26.2 Å². The minimum atomic E-state index is -0.214. The van der Waals surface area contributed by atoms with Gasteiger partial charge >= 0.3 is 6.09 Å².